The summed E-state index contributed by atoms with van der Waals surface area (Å²) in [6, 6.07) is 4.40. The minimum Gasteiger partial charge on any atom is -0.318 e. The van der Waals surface area contributed by atoms with E-state index in [1.807, 2.05) is 0 Å². The van der Waals surface area contributed by atoms with Gasteiger partial charge < -0.3 is 5.32 Å². The molecule has 2 aromatic rings. The summed E-state index contributed by atoms with van der Waals surface area (Å²) in [5.41, 5.74) is 0.650. The third-order valence-corrected chi connectivity index (χ3v) is 3.99. The van der Waals surface area contributed by atoms with E-state index in [1.165, 1.54) is 19.1 Å². The monoisotopic (exact) mass is 373 g/mol. The summed E-state index contributed by atoms with van der Waals surface area (Å²) in [4.78, 5) is 23.4. The van der Waals surface area contributed by atoms with Crippen molar-refractivity contribution in [2.75, 3.05) is 5.32 Å². The molecule has 2 rings (SSSR count). The fourth-order valence-corrected chi connectivity index (χ4v) is 2.31. The average Bonchev–Trinajstić information content (AvgIpc) is 2.70. The van der Waals surface area contributed by atoms with Crippen LogP contribution in [0.2, 0.25) is 5.15 Å². The lowest BCUT2D eigenvalue weighted by Crippen LogP contribution is -2.16. The van der Waals surface area contributed by atoms with Crippen molar-refractivity contribution in [1.29, 1.82) is 0 Å². The first-order valence-electron chi connectivity index (χ1n) is 5.83. The lowest BCUT2D eigenvalue weighted by Gasteiger charge is -2.05. The van der Waals surface area contributed by atoms with Crippen molar-refractivity contribution >= 4 is 45.0 Å². The summed E-state index contributed by atoms with van der Waals surface area (Å²) in [5, 5.41) is 6.17. The number of anilines is 1. The van der Waals surface area contributed by atoms with E-state index in [-0.39, 0.29) is 21.0 Å². The standard InChI is InChI=1S/C13H10BrClFN3O2/c1-6-3-4-9(8(16)5-6)17-13(21)11-10(14)12(15)19(18-11)7(2)20/h3-5H,1-2H3,(H,17,21). The summed E-state index contributed by atoms with van der Waals surface area (Å²) in [7, 11) is 0. The first kappa shape index (κ1) is 15.7. The van der Waals surface area contributed by atoms with Gasteiger partial charge in [0.2, 0.25) is 5.91 Å². The third-order valence-electron chi connectivity index (χ3n) is 2.66. The highest BCUT2D eigenvalue weighted by Gasteiger charge is 2.22. The zero-order chi connectivity index (χ0) is 15.7. The van der Waals surface area contributed by atoms with E-state index in [0.717, 1.165) is 10.2 Å². The van der Waals surface area contributed by atoms with Crippen molar-refractivity contribution in [3.8, 4) is 0 Å². The second kappa shape index (κ2) is 5.95. The molecule has 110 valence electrons. The smallest absolute Gasteiger partial charge is 0.277 e. The molecule has 5 nitrogen and oxygen atoms in total. The first-order valence-corrected chi connectivity index (χ1v) is 7.01. The quantitative estimate of drug-likeness (QED) is 0.872. The van der Waals surface area contributed by atoms with Crippen LogP contribution in [0.15, 0.2) is 22.7 Å². The van der Waals surface area contributed by atoms with Gasteiger partial charge in [-0.1, -0.05) is 17.7 Å². The molecule has 1 N–H and O–H groups in total. The molecule has 1 heterocycles. The number of halogens is 3. The summed E-state index contributed by atoms with van der Waals surface area (Å²) in [5.74, 6) is -1.68. The van der Waals surface area contributed by atoms with Gasteiger partial charge in [-0.2, -0.15) is 9.78 Å². The molecule has 0 saturated carbocycles. The van der Waals surface area contributed by atoms with Gasteiger partial charge in [0.1, 0.15) is 5.82 Å². The number of nitrogens with one attached hydrogen (secondary N) is 1. The molecule has 0 fully saturated rings. The second-order valence-electron chi connectivity index (χ2n) is 4.32. The summed E-state index contributed by atoms with van der Waals surface area (Å²) < 4.78 is 14.8. The Hall–Kier alpha value is -1.73. The number of amides is 1. The number of aromatic nitrogens is 2. The number of hydrogen-bond donors (Lipinski definition) is 1. The maximum Gasteiger partial charge on any atom is 0.277 e. The molecular formula is C13H10BrClFN3O2. The minimum atomic E-state index is -0.675. The highest BCUT2D eigenvalue weighted by Crippen LogP contribution is 2.27. The van der Waals surface area contributed by atoms with Crippen LogP contribution in [0.5, 0.6) is 0 Å². The van der Waals surface area contributed by atoms with Crippen LogP contribution in [0.25, 0.3) is 0 Å². The molecule has 21 heavy (non-hydrogen) atoms. The number of rotatable bonds is 2. The van der Waals surface area contributed by atoms with Crippen molar-refractivity contribution in [2.24, 2.45) is 0 Å². The zero-order valence-electron chi connectivity index (χ0n) is 11.1. The van der Waals surface area contributed by atoms with Gasteiger partial charge in [0.05, 0.1) is 10.2 Å². The molecule has 0 aliphatic carbocycles. The van der Waals surface area contributed by atoms with Gasteiger partial charge in [0.25, 0.3) is 5.91 Å². The number of carbonyl (C=O) groups is 2. The highest BCUT2D eigenvalue weighted by atomic mass is 79.9. The predicted molar refractivity (Wildman–Crippen MR) is 80.3 cm³/mol. The maximum absolute atomic E-state index is 13.7. The number of benzene rings is 1. The van der Waals surface area contributed by atoms with E-state index in [9.17, 15) is 14.0 Å². The molecule has 8 heteroatoms. The van der Waals surface area contributed by atoms with E-state index in [0.29, 0.717) is 0 Å². The van der Waals surface area contributed by atoms with E-state index in [1.54, 1.807) is 13.0 Å². The van der Waals surface area contributed by atoms with Crippen LogP contribution in [0.3, 0.4) is 0 Å². The van der Waals surface area contributed by atoms with E-state index in [2.05, 4.69) is 26.3 Å². The van der Waals surface area contributed by atoms with Crippen molar-refractivity contribution in [3.05, 3.63) is 44.9 Å². The van der Waals surface area contributed by atoms with Crippen LogP contribution in [0, 0.1) is 12.7 Å². The summed E-state index contributed by atoms with van der Waals surface area (Å²) >= 11 is 8.98. The van der Waals surface area contributed by atoms with E-state index in [4.69, 9.17) is 11.6 Å². The Morgan fingerprint density at radius 2 is 2.10 bits per heavy atom. The van der Waals surface area contributed by atoms with E-state index >= 15 is 0 Å². The molecule has 0 aliphatic rings. The number of carbonyl (C=O) groups excluding carboxylic acids is 2. The number of aryl methyl sites for hydroxylation is 1. The lowest BCUT2D eigenvalue weighted by atomic mass is 10.2. The van der Waals surface area contributed by atoms with Gasteiger partial charge in [-0.05, 0) is 40.5 Å². The fraction of sp³-hybridized carbons (Fsp3) is 0.154. The Morgan fingerprint density at radius 3 is 2.62 bits per heavy atom. The first-order chi connectivity index (χ1) is 9.81. The molecule has 0 bridgehead atoms. The van der Waals surface area contributed by atoms with Crippen molar-refractivity contribution < 1.29 is 14.0 Å². The number of nitrogens with zero attached hydrogens (tertiary/aromatic N) is 2. The molecule has 0 spiro atoms. The Morgan fingerprint density at radius 1 is 1.43 bits per heavy atom. The Labute approximate surface area is 133 Å². The predicted octanol–water partition coefficient (Wildman–Crippen LogP) is 3.66. The van der Waals surface area contributed by atoms with Crippen LogP contribution in [-0.2, 0) is 0 Å². The molecule has 1 aromatic heterocycles. The topological polar surface area (TPSA) is 64.0 Å². The minimum absolute atomic E-state index is 0.0166. The van der Waals surface area contributed by atoms with Crippen molar-refractivity contribution in [1.82, 2.24) is 9.78 Å². The van der Waals surface area contributed by atoms with Gasteiger partial charge in [-0.25, -0.2) is 4.39 Å². The summed E-state index contributed by atoms with van der Waals surface area (Å²) in [6.45, 7) is 2.99. The fourth-order valence-electron chi connectivity index (χ4n) is 1.64. The summed E-state index contributed by atoms with van der Waals surface area (Å²) in [6.07, 6.45) is 0. The maximum atomic E-state index is 13.7. The van der Waals surface area contributed by atoms with Crippen LogP contribution in [0.4, 0.5) is 10.1 Å². The van der Waals surface area contributed by atoms with Crippen LogP contribution < -0.4 is 5.32 Å². The highest BCUT2D eigenvalue weighted by molar-refractivity contribution is 9.10. The molecule has 0 aliphatic heterocycles. The van der Waals surface area contributed by atoms with Gasteiger partial charge >= 0.3 is 0 Å². The molecular weight excluding hydrogens is 365 g/mol. The molecule has 1 aromatic carbocycles. The third kappa shape index (κ3) is 3.14. The van der Waals surface area contributed by atoms with Crippen molar-refractivity contribution in [3.63, 3.8) is 0 Å². The largest absolute Gasteiger partial charge is 0.318 e. The lowest BCUT2D eigenvalue weighted by molar-refractivity contribution is 0.0920. The number of hydrogen-bond acceptors (Lipinski definition) is 3. The Bertz CT molecular complexity index is 745. The molecule has 0 atom stereocenters. The molecule has 1 amide bonds. The van der Waals surface area contributed by atoms with E-state index < -0.39 is 17.6 Å². The molecule has 0 saturated heterocycles. The van der Waals surface area contributed by atoms with Crippen molar-refractivity contribution in [2.45, 2.75) is 13.8 Å². The van der Waals surface area contributed by atoms with Crippen LogP contribution >= 0.6 is 27.5 Å². The molecule has 0 unspecified atom stereocenters. The molecule has 0 radical (unpaired) electrons. The Balaban J connectivity index is 2.33. The Kier molecular flexibility index (Phi) is 4.43. The van der Waals surface area contributed by atoms with Gasteiger partial charge in [0, 0.05) is 6.92 Å². The normalized spacial score (nSPS) is 10.5. The SMILES string of the molecule is CC(=O)n1nc(C(=O)Nc2ccc(C)cc2F)c(Br)c1Cl. The van der Waals surface area contributed by atoms with Gasteiger partial charge in [-0.15, -0.1) is 0 Å². The average molecular weight is 375 g/mol. The second-order valence-corrected chi connectivity index (χ2v) is 5.47. The van der Waals surface area contributed by atoms with Gasteiger partial charge in [0.15, 0.2) is 10.8 Å². The van der Waals surface area contributed by atoms with Crippen LogP contribution in [-0.4, -0.2) is 21.6 Å². The zero-order valence-corrected chi connectivity index (χ0v) is 13.4. The van der Waals surface area contributed by atoms with Crippen LogP contribution in [0.1, 0.15) is 27.8 Å². The van der Waals surface area contributed by atoms with Gasteiger partial charge in [-0.3, -0.25) is 9.59 Å².